The summed E-state index contributed by atoms with van der Waals surface area (Å²) in [5, 5.41) is 9.69. The Hall–Kier alpha value is -2.43. The van der Waals surface area contributed by atoms with E-state index < -0.39 is 64.6 Å². The van der Waals surface area contributed by atoms with Crippen LogP contribution in [0.15, 0.2) is 0 Å². The van der Waals surface area contributed by atoms with Crippen molar-refractivity contribution in [1.82, 2.24) is 4.90 Å². The number of halogens is 5. The van der Waals surface area contributed by atoms with E-state index in [1.807, 2.05) is 0 Å². The van der Waals surface area contributed by atoms with E-state index in [9.17, 15) is 36.6 Å². The molecule has 0 unspecified atom stereocenters. The third kappa shape index (κ3) is 4.29. The molecule has 0 aromatic heterocycles. The van der Waals surface area contributed by atoms with Crippen LogP contribution in [0.4, 0.5) is 26.7 Å². The van der Waals surface area contributed by atoms with Crippen molar-refractivity contribution in [2.24, 2.45) is 0 Å². The second-order valence-corrected chi connectivity index (χ2v) is 6.86. The lowest BCUT2D eigenvalue weighted by Crippen LogP contribution is -2.45. The maximum Gasteiger partial charge on any atom is 0.411 e. The smallest absolute Gasteiger partial charge is 0.411 e. The molecule has 1 fully saturated rings. The van der Waals surface area contributed by atoms with Gasteiger partial charge in [0.05, 0.1) is 12.6 Å². The first-order valence-corrected chi connectivity index (χ1v) is 7.74. The molecule has 1 saturated heterocycles. The molecule has 0 saturated carbocycles. The minimum atomic E-state index is -2.41. The molecule has 1 N–H and O–H groups in total. The zero-order chi connectivity index (χ0) is 20.7. The van der Waals surface area contributed by atoms with E-state index in [1.54, 1.807) is 20.8 Å². The Morgan fingerprint density at radius 1 is 1.00 bits per heavy atom. The minimum Gasteiger partial charge on any atom is -0.444 e. The second-order valence-electron chi connectivity index (χ2n) is 6.86. The van der Waals surface area contributed by atoms with Gasteiger partial charge in [-0.15, -0.1) is 0 Å². The molecule has 0 spiro atoms. The lowest BCUT2D eigenvalue weighted by atomic mass is 10.2. The van der Waals surface area contributed by atoms with Crippen LogP contribution in [0.25, 0.3) is 0 Å². The van der Waals surface area contributed by atoms with Crippen LogP contribution < -0.4 is 4.74 Å². The van der Waals surface area contributed by atoms with Gasteiger partial charge >= 0.3 is 12.1 Å². The fourth-order valence-electron chi connectivity index (χ4n) is 2.40. The van der Waals surface area contributed by atoms with E-state index >= 15 is 0 Å². The van der Waals surface area contributed by atoms with Gasteiger partial charge in [0.25, 0.3) is 0 Å². The van der Waals surface area contributed by atoms with Crippen molar-refractivity contribution in [3.8, 4) is 5.75 Å². The van der Waals surface area contributed by atoms with Gasteiger partial charge in [0.2, 0.25) is 34.8 Å². The number of amides is 1. The standard InChI is InChI=1S/C16H16F5NO5/c1-16(2,3)27-15(25)22-5-6(23)4-7(22)14(24)26-13-11(20)9(18)8(17)10(19)12(13)21/h6-7,23H,4-5H2,1-3H3/t6-,7+/m1/s1. The zero-order valence-corrected chi connectivity index (χ0v) is 14.5. The quantitative estimate of drug-likeness (QED) is 0.273. The molecule has 1 aromatic rings. The van der Waals surface area contributed by atoms with Crippen LogP contribution >= 0.6 is 0 Å². The summed E-state index contributed by atoms with van der Waals surface area (Å²) in [5.74, 6) is -14.9. The third-order valence-corrected chi connectivity index (χ3v) is 3.55. The number of esters is 1. The lowest BCUT2D eigenvalue weighted by molar-refractivity contribution is -0.139. The predicted molar refractivity (Wildman–Crippen MR) is 79.2 cm³/mol. The third-order valence-electron chi connectivity index (χ3n) is 3.55. The molecule has 1 aliphatic rings. The number of nitrogens with zero attached hydrogens (tertiary/aromatic N) is 1. The topological polar surface area (TPSA) is 76.1 Å². The summed E-state index contributed by atoms with van der Waals surface area (Å²) in [6, 6.07) is -1.54. The van der Waals surface area contributed by atoms with Crippen molar-refractivity contribution in [3.63, 3.8) is 0 Å². The summed E-state index contributed by atoms with van der Waals surface area (Å²) < 4.78 is 76.1. The molecule has 2 atom stereocenters. The molecule has 1 aliphatic heterocycles. The van der Waals surface area contributed by atoms with Crippen molar-refractivity contribution in [2.45, 2.75) is 44.9 Å². The summed E-state index contributed by atoms with van der Waals surface area (Å²) in [5.41, 5.74) is -0.944. The van der Waals surface area contributed by atoms with Crippen molar-refractivity contribution < 1.29 is 46.1 Å². The number of hydrogen-bond acceptors (Lipinski definition) is 5. The summed E-state index contributed by atoms with van der Waals surface area (Å²) in [6.45, 7) is 4.28. The van der Waals surface area contributed by atoms with E-state index in [-0.39, 0.29) is 13.0 Å². The average molecular weight is 397 g/mol. The van der Waals surface area contributed by atoms with Crippen LogP contribution in [0, 0.1) is 29.1 Å². The molecule has 1 heterocycles. The van der Waals surface area contributed by atoms with Crippen LogP contribution in [0.3, 0.4) is 0 Å². The number of rotatable bonds is 2. The SMILES string of the molecule is CC(C)(C)OC(=O)N1C[C@H](O)C[C@H]1C(=O)Oc1c(F)c(F)c(F)c(F)c1F. The summed E-state index contributed by atoms with van der Waals surface area (Å²) in [6.07, 6.45) is -2.56. The minimum absolute atomic E-state index is 0.341. The molecular formula is C16H16F5NO5. The van der Waals surface area contributed by atoms with Gasteiger partial charge in [-0.1, -0.05) is 0 Å². The first-order valence-electron chi connectivity index (χ1n) is 7.74. The van der Waals surface area contributed by atoms with Gasteiger partial charge in [-0.3, -0.25) is 4.90 Å². The maximum absolute atomic E-state index is 13.7. The van der Waals surface area contributed by atoms with Crippen molar-refractivity contribution in [3.05, 3.63) is 29.1 Å². The fourth-order valence-corrected chi connectivity index (χ4v) is 2.40. The molecule has 1 aromatic carbocycles. The number of likely N-dealkylation sites (tertiary alicyclic amines) is 1. The van der Waals surface area contributed by atoms with E-state index in [1.165, 1.54) is 0 Å². The monoisotopic (exact) mass is 397 g/mol. The van der Waals surface area contributed by atoms with Crippen LogP contribution in [0.1, 0.15) is 27.2 Å². The molecule has 6 nitrogen and oxygen atoms in total. The van der Waals surface area contributed by atoms with Gasteiger partial charge in [-0.05, 0) is 20.8 Å². The van der Waals surface area contributed by atoms with E-state index in [0.717, 1.165) is 4.90 Å². The Balaban J connectivity index is 2.28. The Morgan fingerprint density at radius 3 is 1.96 bits per heavy atom. The Labute approximate surface area is 150 Å². The summed E-state index contributed by atoms with van der Waals surface area (Å²) >= 11 is 0. The molecule has 0 bridgehead atoms. The molecule has 27 heavy (non-hydrogen) atoms. The summed E-state index contributed by atoms with van der Waals surface area (Å²) in [4.78, 5) is 25.1. The van der Waals surface area contributed by atoms with Crippen molar-refractivity contribution in [1.29, 1.82) is 0 Å². The average Bonchev–Trinajstić information content (AvgIpc) is 2.95. The molecule has 1 amide bonds. The highest BCUT2D eigenvalue weighted by molar-refractivity contribution is 5.84. The van der Waals surface area contributed by atoms with Gasteiger partial charge in [0, 0.05) is 6.42 Å². The number of aliphatic hydroxyl groups excluding tert-OH is 1. The highest BCUT2D eigenvalue weighted by Crippen LogP contribution is 2.31. The lowest BCUT2D eigenvalue weighted by Gasteiger charge is -2.27. The number of hydrogen-bond donors (Lipinski definition) is 1. The van der Waals surface area contributed by atoms with Crippen LogP contribution in [-0.4, -0.2) is 46.4 Å². The van der Waals surface area contributed by atoms with Gasteiger partial charge < -0.3 is 14.6 Å². The van der Waals surface area contributed by atoms with Gasteiger partial charge in [0.1, 0.15) is 11.6 Å². The molecule has 0 aliphatic carbocycles. The fraction of sp³-hybridized carbons (Fsp3) is 0.500. The highest BCUT2D eigenvalue weighted by Gasteiger charge is 2.43. The number of β-amino-alcohol motifs (C(OH)–C–C–N with tert-alkyl or cyclic N) is 1. The van der Waals surface area contributed by atoms with Crippen molar-refractivity contribution in [2.75, 3.05) is 6.54 Å². The summed E-state index contributed by atoms with van der Waals surface area (Å²) in [7, 11) is 0. The van der Waals surface area contributed by atoms with E-state index in [4.69, 9.17) is 4.74 Å². The van der Waals surface area contributed by atoms with Crippen LogP contribution in [0.5, 0.6) is 5.75 Å². The molecule has 0 radical (unpaired) electrons. The Kier molecular flexibility index (Phi) is 5.64. The van der Waals surface area contributed by atoms with Crippen LogP contribution in [-0.2, 0) is 9.53 Å². The van der Waals surface area contributed by atoms with Gasteiger partial charge in [0.15, 0.2) is 0 Å². The number of carbonyl (C=O) groups is 2. The number of ether oxygens (including phenoxy) is 2. The van der Waals surface area contributed by atoms with E-state index in [0.29, 0.717) is 0 Å². The first-order chi connectivity index (χ1) is 12.3. The van der Waals surface area contributed by atoms with E-state index in [2.05, 4.69) is 4.74 Å². The molecule has 150 valence electrons. The Bertz CT molecular complexity index is 750. The Morgan fingerprint density at radius 2 is 1.48 bits per heavy atom. The molecule has 11 heteroatoms. The number of aliphatic hydroxyl groups is 1. The van der Waals surface area contributed by atoms with Gasteiger partial charge in [-0.2, -0.15) is 8.78 Å². The normalized spacial score (nSPS) is 20.0. The predicted octanol–water partition coefficient (Wildman–Crippen LogP) is 2.66. The first kappa shape index (κ1) is 20.9. The second kappa shape index (κ2) is 7.29. The maximum atomic E-state index is 13.7. The van der Waals surface area contributed by atoms with Crippen molar-refractivity contribution >= 4 is 12.1 Å². The van der Waals surface area contributed by atoms with Gasteiger partial charge in [-0.25, -0.2) is 22.8 Å². The number of carbonyl (C=O) groups excluding carboxylic acids is 2. The van der Waals surface area contributed by atoms with Crippen LogP contribution in [0.2, 0.25) is 0 Å². The molecular weight excluding hydrogens is 381 g/mol. The largest absolute Gasteiger partial charge is 0.444 e. The zero-order valence-electron chi connectivity index (χ0n) is 14.5. The highest BCUT2D eigenvalue weighted by atomic mass is 19.2. The molecule has 2 rings (SSSR count). The number of benzene rings is 1.